The van der Waals surface area contributed by atoms with E-state index in [4.69, 9.17) is 16.3 Å². The largest absolute Gasteiger partial charge is 0.496 e. The van der Waals surface area contributed by atoms with Crippen molar-refractivity contribution in [2.24, 2.45) is 0 Å². The molecule has 2 aromatic carbocycles. The van der Waals surface area contributed by atoms with Crippen LogP contribution in [0.5, 0.6) is 5.75 Å². The van der Waals surface area contributed by atoms with E-state index in [0.29, 0.717) is 0 Å². The number of likely N-dealkylation sites (tertiary alicyclic amines) is 1. The van der Waals surface area contributed by atoms with E-state index in [0.717, 1.165) is 44.9 Å². The second kappa shape index (κ2) is 7.83. The quantitative estimate of drug-likeness (QED) is 0.544. The molecule has 1 heterocycles. The lowest BCUT2D eigenvalue weighted by atomic mass is 9.84. The first-order chi connectivity index (χ1) is 13.1. The molecule has 1 aliphatic heterocycles. The van der Waals surface area contributed by atoms with Gasteiger partial charge in [0.05, 0.1) is 11.6 Å². The maximum Gasteiger partial charge on any atom is 0.133 e. The van der Waals surface area contributed by atoms with Gasteiger partial charge in [0, 0.05) is 18.0 Å². The van der Waals surface area contributed by atoms with Crippen LogP contribution in [-0.4, -0.2) is 25.1 Å². The number of nitrogens with zero attached hydrogens (tertiary/aromatic N) is 1. The zero-order valence-electron chi connectivity index (χ0n) is 15.5. The van der Waals surface area contributed by atoms with Gasteiger partial charge in [-0.3, -0.25) is 4.90 Å². The van der Waals surface area contributed by atoms with E-state index in [1.807, 2.05) is 12.1 Å². The number of fused-ring (bicyclic) bond motifs is 1. The first kappa shape index (κ1) is 18.8. The molecule has 1 saturated heterocycles. The Morgan fingerprint density at radius 3 is 2.70 bits per heavy atom. The summed E-state index contributed by atoms with van der Waals surface area (Å²) in [5.74, 6) is 0.853. The molecule has 2 nitrogen and oxygen atoms in total. The Balaban J connectivity index is 1.78. The summed E-state index contributed by atoms with van der Waals surface area (Å²) >= 11 is 10.2. The topological polar surface area (TPSA) is 12.5 Å². The zero-order chi connectivity index (χ0) is 19.0. The molecule has 2 aliphatic rings. The van der Waals surface area contributed by atoms with Crippen LogP contribution in [0.15, 0.2) is 47.5 Å². The highest BCUT2D eigenvalue weighted by Gasteiger charge is 2.22. The third kappa shape index (κ3) is 3.73. The van der Waals surface area contributed by atoms with Crippen molar-refractivity contribution in [3.05, 3.63) is 74.7 Å². The third-order valence-corrected chi connectivity index (χ3v) is 6.47. The highest BCUT2D eigenvalue weighted by molar-refractivity contribution is 9.10. The second-order valence-corrected chi connectivity index (χ2v) is 8.53. The molecule has 0 atom stereocenters. The molecule has 0 saturated carbocycles. The van der Waals surface area contributed by atoms with Gasteiger partial charge < -0.3 is 4.74 Å². The summed E-state index contributed by atoms with van der Waals surface area (Å²) in [5.41, 5.74) is 7.13. The van der Waals surface area contributed by atoms with Gasteiger partial charge in [-0.2, -0.15) is 0 Å². The predicted molar refractivity (Wildman–Crippen MR) is 117 cm³/mol. The molecule has 0 spiro atoms. The van der Waals surface area contributed by atoms with Crippen molar-refractivity contribution in [3.8, 4) is 5.75 Å². The number of benzene rings is 2. The molecule has 0 unspecified atom stereocenters. The second-order valence-electron chi connectivity index (χ2n) is 7.26. The molecule has 1 fully saturated rings. The van der Waals surface area contributed by atoms with E-state index < -0.39 is 0 Å². The van der Waals surface area contributed by atoms with E-state index >= 15 is 0 Å². The van der Waals surface area contributed by atoms with Gasteiger partial charge in [0.2, 0.25) is 0 Å². The molecule has 2 aromatic rings. The van der Waals surface area contributed by atoms with Crippen molar-refractivity contribution < 1.29 is 4.74 Å². The molecule has 4 heteroatoms. The summed E-state index contributed by atoms with van der Waals surface area (Å²) in [4.78, 5) is 2.52. The zero-order valence-corrected chi connectivity index (χ0v) is 17.9. The van der Waals surface area contributed by atoms with Gasteiger partial charge in [0.15, 0.2) is 0 Å². The molecule has 4 rings (SSSR count). The number of hydrogen-bond donors (Lipinski definition) is 0. The maximum atomic E-state index is 6.51. The molecular weight excluding hydrogens is 422 g/mol. The fraction of sp³-hybridized carbons (Fsp3) is 0.304. The van der Waals surface area contributed by atoms with Crippen molar-refractivity contribution in [2.75, 3.05) is 20.2 Å². The monoisotopic (exact) mass is 443 g/mol. The van der Waals surface area contributed by atoms with Gasteiger partial charge in [-0.25, -0.2) is 0 Å². The summed E-state index contributed by atoms with van der Waals surface area (Å²) < 4.78 is 6.58. The highest BCUT2D eigenvalue weighted by Crippen LogP contribution is 2.40. The van der Waals surface area contributed by atoms with Crippen LogP contribution in [0, 0.1) is 0 Å². The highest BCUT2D eigenvalue weighted by atomic mass is 79.9. The Kier molecular flexibility index (Phi) is 5.45. The molecule has 0 N–H and O–H groups in total. The number of methoxy groups -OCH3 is 1. The lowest BCUT2D eigenvalue weighted by molar-refractivity contribution is 0.330. The lowest BCUT2D eigenvalue weighted by Crippen LogP contribution is -2.19. The van der Waals surface area contributed by atoms with Gasteiger partial charge in [0.25, 0.3) is 0 Å². The average Bonchev–Trinajstić information content (AvgIpc) is 3.16. The van der Waals surface area contributed by atoms with Crippen LogP contribution in [0.25, 0.3) is 11.1 Å². The van der Waals surface area contributed by atoms with E-state index in [9.17, 15) is 0 Å². The van der Waals surface area contributed by atoms with Crippen LogP contribution in [0.4, 0.5) is 0 Å². The smallest absolute Gasteiger partial charge is 0.133 e. The summed E-state index contributed by atoms with van der Waals surface area (Å²) in [5, 5.41) is 0.810. The van der Waals surface area contributed by atoms with Gasteiger partial charge in [0.1, 0.15) is 5.75 Å². The molecule has 0 aromatic heterocycles. The Morgan fingerprint density at radius 2 is 1.96 bits per heavy atom. The first-order valence-electron chi connectivity index (χ1n) is 9.33. The van der Waals surface area contributed by atoms with Gasteiger partial charge in [-0.1, -0.05) is 36.4 Å². The number of halogens is 2. The van der Waals surface area contributed by atoms with Crippen molar-refractivity contribution in [1.82, 2.24) is 4.90 Å². The van der Waals surface area contributed by atoms with E-state index in [-0.39, 0.29) is 0 Å². The van der Waals surface area contributed by atoms with E-state index in [1.165, 1.54) is 42.6 Å². The summed E-state index contributed by atoms with van der Waals surface area (Å²) in [6.07, 6.45) is 5.59. The molecular formula is C23H23BrClNO. The minimum Gasteiger partial charge on any atom is -0.496 e. The van der Waals surface area contributed by atoms with Crippen LogP contribution in [0.2, 0.25) is 5.02 Å². The number of hydrogen-bond acceptors (Lipinski definition) is 2. The summed E-state index contributed by atoms with van der Waals surface area (Å²) in [7, 11) is 1.71. The minimum absolute atomic E-state index is 0.810. The average molecular weight is 445 g/mol. The van der Waals surface area contributed by atoms with Crippen LogP contribution in [-0.2, 0) is 13.0 Å². The fourth-order valence-corrected chi connectivity index (χ4v) is 4.90. The summed E-state index contributed by atoms with van der Waals surface area (Å²) in [6, 6.07) is 10.4. The molecule has 1 aliphatic carbocycles. The van der Waals surface area contributed by atoms with Gasteiger partial charge >= 0.3 is 0 Å². The fourth-order valence-electron chi connectivity index (χ4n) is 4.10. The van der Waals surface area contributed by atoms with Gasteiger partial charge in [-0.05, 0) is 93.5 Å². The van der Waals surface area contributed by atoms with Crippen LogP contribution in [0.3, 0.4) is 0 Å². The number of allylic oxidation sites excluding steroid dienone is 3. The lowest BCUT2D eigenvalue weighted by Gasteiger charge is -2.24. The molecule has 0 bridgehead atoms. The number of rotatable bonds is 4. The SMILES string of the molecule is C=C1C=C(c2cc(OC)c(Br)cc2CN2CCCC2)Cc2c(Cl)cccc21. The Labute approximate surface area is 174 Å². The summed E-state index contributed by atoms with van der Waals surface area (Å²) in [6.45, 7) is 7.58. The van der Waals surface area contributed by atoms with E-state index in [1.54, 1.807) is 7.11 Å². The first-order valence-corrected chi connectivity index (χ1v) is 10.5. The molecule has 0 amide bonds. The van der Waals surface area contributed by atoms with Crippen molar-refractivity contribution in [2.45, 2.75) is 25.8 Å². The molecule has 140 valence electrons. The van der Waals surface area contributed by atoms with Crippen molar-refractivity contribution >= 4 is 38.7 Å². The van der Waals surface area contributed by atoms with Gasteiger partial charge in [-0.15, -0.1) is 0 Å². The van der Waals surface area contributed by atoms with Crippen LogP contribution < -0.4 is 4.74 Å². The predicted octanol–water partition coefficient (Wildman–Crippen LogP) is 6.36. The van der Waals surface area contributed by atoms with Crippen molar-refractivity contribution in [1.29, 1.82) is 0 Å². The molecule has 0 radical (unpaired) electrons. The standard InChI is InChI=1S/C23H23BrClNO/c1-15-10-16(11-20-18(15)6-5-7-22(20)25)19-13-23(27-2)21(24)12-17(19)14-26-8-3-4-9-26/h5-7,10,12-13H,1,3-4,8-9,11,14H2,2H3. The van der Waals surface area contributed by atoms with Crippen molar-refractivity contribution in [3.63, 3.8) is 0 Å². The van der Waals surface area contributed by atoms with E-state index in [2.05, 4.69) is 51.7 Å². The Morgan fingerprint density at radius 1 is 1.19 bits per heavy atom. The third-order valence-electron chi connectivity index (χ3n) is 5.50. The normalized spacial score (nSPS) is 17.0. The van der Waals surface area contributed by atoms with Crippen LogP contribution in [0.1, 0.15) is 35.1 Å². The minimum atomic E-state index is 0.810. The number of ether oxygens (including phenoxy) is 1. The Hall–Kier alpha value is -1.55. The molecule has 27 heavy (non-hydrogen) atoms. The maximum absolute atomic E-state index is 6.51. The Bertz CT molecular complexity index is 928. The van der Waals surface area contributed by atoms with Crippen LogP contribution >= 0.6 is 27.5 Å².